The van der Waals surface area contributed by atoms with Crippen LogP contribution in [0.2, 0.25) is 0 Å². The lowest BCUT2D eigenvalue weighted by Crippen LogP contribution is -2.47. The summed E-state index contributed by atoms with van der Waals surface area (Å²) in [4.78, 5) is 73.7. The number of hydrogen-bond acceptors (Lipinski definition) is 11. The van der Waals surface area contributed by atoms with Gasteiger partial charge in [-0.15, -0.1) is 0 Å². The second-order valence-corrected chi connectivity index (χ2v) is 11.2. The van der Waals surface area contributed by atoms with E-state index in [0.29, 0.717) is 11.8 Å². The van der Waals surface area contributed by atoms with Gasteiger partial charge in [0.1, 0.15) is 19.3 Å². The number of carbonyl (C=O) groups excluding carboxylic acids is 6. The van der Waals surface area contributed by atoms with Gasteiger partial charge in [-0.05, 0) is 43.1 Å². The lowest BCUT2D eigenvalue weighted by atomic mass is 9.76. The molecule has 0 aliphatic heterocycles. The minimum absolute atomic E-state index is 0.179. The predicted octanol–water partition coefficient (Wildman–Crippen LogP) is 3.08. The maximum Gasteiger partial charge on any atom is 0.329 e. The van der Waals surface area contributed by atoms with Crippen molar-refractivity contribution in [1.29, 1.82) is 0 Å². The van der Waals surface area contributed by atoms with Crippen molar-refractivity contribution in [1.82, 2.24) is 5.32 Å². The molecule has 1 aliphatic carbocycles. The fraction of sp³-hybridized carbons (Fsp3) is 0.625. The highest BCUT2D eigenvalue weighted by atomic mass is 16.6. The van der Waals surface area contributed by atoms with Crippen molar-refractivity contribution in [2.75, 3.05) is 27.4 Å². The van der Waals surface area contributed by atoms with Crippen molar-refractivity contribution in [3.63, 3.8) is 0 Å². The van der Waals surface area contributed by atoms with E-state index < -0.39 is 55.2 Å². The summed E-state index contributed by atoms with van der Waals surface area (Å²) < 4.78 is 25.0. The second-order valence-electron chi connectivity index (χ2n) is 11.2. The van der Waals surface area contributed by atoms with Gasteiger partial charge in [-0.1, -0.05) is 44.2 Å². The van der Waals surface area contributed by atoms with Crippen LogP contribution >= 0.6 is 0 Å². The minimum Gasteiger partial charge on any atom is -0.469 e. The maximum atomic E-state index is 13.3. The minimum atomic E-state index is -1.20. The molecule has 0 radical (unpaired) electrons. The Balaban J connectivity index is 2.06. The highest BCUT2D eigenvalue weighted by Gasteiger charge is 2.31. The van der Waals surface area contributed by atoms with Gasteiger partial charge in [0.25, 0.3) is 0 Å². The smallest absolute Gasteiger partial charge is 0.329 e. The molecule has 1 fully saturated rings. The van der Waals surface area contributed by atoms with E-state index in [4.69, 9.17) is 14.2 Å². The zero-order valence-corrected chi connectivity index (χ0v) is 26.0. The number of nitrogens with one attached hydrogen (secondary N) is 1. The summed E-state index contributed by atoms with van der Waals surface area (Å²) in [5.41, 5.74) is 0.809. The lowest BCUT2D eigenvalue weighted by Gasteiger charge is -2.31. The monoisotopic (exact) mass is 619 g/mol. The van der Waals surface area contributed by atoms with Gasteiger partial charge in [-0.2, -0.15) is 0 Å². The molecule has 2 rings (SSSR count). The van der Waals surface area contributed by atoms with Crippen LogP contribution < -0.4 is 5.32 Å². The van der Waals surface area contributed by atoms with Gasteiger partial charge in [0.05, 0.1) is 39.9 Å². The molecule has 0 aromatic heterocycles. The van der Waals surface area contributed by atoms with E-state index in [0.717, 1.165) is 31.2 Å². The SMILES string of the molecule is COC(=O)CCC(=O)OCC(COC(=O)[C@@H](Cc1ccccc1)NC(=O)C1CCC(C(C)C)CC1)OC(=O)CCC(=O)OC. The van der Waals surface area contributed by atoms with Gasteiger partial charge >= 0.3 is 29.8 Å². The Morgan fingerprint density at radius 2 is 1.30 bits per heavy atom. The summed E-state index contributed by atoms with van der Waals surface area (Å²) in [5, 5.41) is 2.86. The number of amides is 1. The zero-order chi connectivity index (χ0) is 32.5. The predicted molar refractivity (Wildman–Crippen MR) is 157 cm³/mol. The Morgan fingerprint density at radius 3 is 1.86 bits per heavy atom. The quantitative estimate of drug-likeness (QED) is 0.202. The summed E-state index contributed by atoms with van der Waals surface area (Å²) >= 11 is 0. The van der Waals surface area contributed by atoms with Gasteiger partial charge in [0, 0.05) is 12.3 Å². The largest absolute Gasteiger partial charge is 0.469 e. The van der Waals surface area contributed by atoms with Crippen molar-refractivity contribution in [2.45, 2.75) is 83.8 Å². The van der Waals surface area contributed by atoms with Crippen LogP contribution in [0, 0.1) is 17.8 Å². The Morgan fingerprint density at radius 1 is 0.750 bits per heavy atom. The van der Waals surface area contributed by atoms with Gasteiger partial charge in [-0.3, -0.25) is 24.0 Å². The van der Waals surface area contributed by atoms with Gasteiger partial charge in [0.2, 0.25) is 5.91 Å². The molecule has 1 amide bonds. The number of rotatable bonds is 17. The molecule has 1 unspecified atom stereocenters. The Labute approximate surface area is 258 Å². The van der Waals surface area contributed by atoms with Crippen LogP contribution in [0.15, 0.2) is 30.3 Å². The van der Waals surface area contributed by atoms with Crippen molar-refractivity contribution in [3.05, 3.63) is 35.9 Å². The third-order valence-corrected chi connectivity index (χ3v) is 7.63. The van der Waals surface area contributed by atoms with Crippen molar-refractivity contribution in [2.24, 2.45) is 17.8 Å². The molecule has 1 saturated carbocycles. The number of benzene rings is 1. The second kappa shape index (κ2) is 19.3. The average Bonchev–Trinajstić information content (AvgIpc) is 3.03. The Bertz CT molecular complexity index is 1100. The molecular weight excluding hydrogens is 574 g/mol. The molecule has 2 atom stereocenters. The third-order valence-electron chi connectivity index (χ3n) is 7.63. The molecule has 244 valence electrons. The van der Waals surface area contributed by atoms with Crippen LogP contribution in [0.5, 0.6) is 0 Å². The highest BCUT2D eigenvalue weighted by molar-refractivity contribution is 5.86. The van der Waals surface area contributed by atoms with Crippen LogP contribution in [0.3, 0.4) is 0 Å². The summed E-state index contributed by atoms with van der Waals surface area (Å²) in [6.45, 7) is 3.42. The molecule has 0 saturated heterocycles. The fourth-order valence-corrected chi connectivity index (χ4v) is 4.89. The topological polar surface area (TPSA) is 161 Å². The van der Waals surface area contributed by atoms with Crippen LogP contribution in [-0.2, 0) is 58.9 Å². The maximum absolute atomic E-state index is 13.3. The lowest BCUT2D eigenvalue weighted by molar-refractivity contribution is -0.168. The van der Waals surface area contributed by atoms with Crippen LogP contribution in [0.4, 0.5) is 0 Å². The summed E-state index contributed by atoms with van der Waals surface area (Å²) in [5.74, 6) is -2.80. The first-order valence-electron chi connectivity index (χ1n) is 15.0. The number of hydrogen-bond donors (Lipinski definition) is 1. The van der Waals surface area contributed by atoms with E-state index in [1.54, 1.807) is 0 Å². The summed E-state index contributed by atoms with van der Waals surface area (Å²) in [6.07, 6.45) is 1.36. The molecule has 0 spiro atoms. The van der Waals surface area contributed by atoms with Gasteiger partial charge in [-0.25, -0.2) is 4.79 Å². The number of methoxy groups -OCH3 is 2. The van der Waals surface area contributed by atoms with E-state index in [1.807, 2.05) is 30.3 Å². The van der Waals surface area contributed by atoms with Gasteiger partial charge < -0.3 is 29.0 Å². The van der Waals surface area contributed by atoms with Crippen LogP contribution in [-0.4, -0.2) is 75.3 Å². The Hall–Kier alpha value is -3.96. The van der Waals surface area contributed by atoms with E-state index in [2.05, 4.69) is 28.6 Å². The first-order valence-corrected chi connectivity index (χ1v) is 15.0. The number of ether oxygens (including phenoxy) is 5. The van der Waals surface area contributed by atoms with Crippen LogP contribution in [0.1, 0.15) is 70.8 Å². The summed E-state index contributed by atoms with van der Waals surface area (Å²) in [6, 6.07) is 8.15. The molecule has 1 aliphatic rings. The number of esters is 5. The van der Waals surface area contributed by atoms with Crippen molar-refractivity contribution in [3.8, 4) is 0 Å². The third kappa shape index (κ3) is 13.6. The van der Waals surface area contributed by atoms with E-state index in [9.17, 15) is 28.8 Å². The molecule has 1 aromatic carbocycles. The molecule has 1 aromatic rings. The van der Waals surface area contributed by atoms with Gasteiger partial charge in [0.15, 0.2) is 6.10 Å². The summed E-state index contributed by atoms with van der Waals surface area (Å²) in [7, 11) is 2.38. The molecule has 0 bridgehead atoms. The van der Waals surface area contributed by atoms with E-state index >= 15 is 0 Å². The van der Waals surface area contributed by atoms with Crippen molar-refractivity contribution < 1.29 is 52.5 Å². The van der Waals surface area contributed by atoms with E-state index in [1.165, 1.54) is 14.2 Å². The van der Waals surface area contributed by atoms with E-state index in [-0.39, 0.29) is 43.9 Å². The fourth-order valence-electron chi connectivity index (χ4n) is 4.89. The first-order chi connectivity index (χ1) is 21.0. The molecule has 0 heterocycles. The highest BCUT2D eigenvalue weighted by Crippen LogP contribution is 2.33. The Kier molecular flexibility index (Phi) is 15.9. The molecule has 12 nitrogen and oxygen atoms in total. The molecule has 12 heteroatoms. The molecular formula is C32H45NO11. The first kappa shape index (κ1) is 36.2. The average molecular weight is 620 g/mol. The standard InChI is InChI=1S/C32H45NO11/c1-21(2)23-10-12-24(13-11-23)31(38)33-26(18-22-8-6-5-7-9-22)32(39)43-20-25(44-30(37)17-15-28(35)41-4)19-42-29(36)16-14-27(34)40-3/h5-9,21,23-26H,10-20H2,1-4H3,(H,33,38)/t23?,24?,25?,26-/m1/s1. The molecule has 1 N–H and O–H groups in total. The zero-order valence-electron chi connectivity index (χ0n) is 26.0. The van der Waals surface area contributed by atoms with Crippen LogP contribution in [0.25, 0.3) is 0 Å². The molecule has 44 heavy (non-hydrogen) atoms. The number of carbonyl (C=O) groups is 6. The van der Waals surface area contributed by atoms with Crippen molar-refractivity contribution >= 4 is 35.8 Å². The normalized spacial score (nSPS) is 17.5.